The number of hydrogen-bond acceptors (Lipinski definition) is 1. The second-order valence-electron chi connectivity index (χ2n) is 3.97. The quantitative estimate of drug-likeness (QED) is 0.638. The molecule has 3 heteroatoms. The molecule has 0 saturated heterocycles. The van der Waals surface area contributed by atoms with Gasteiger partial charge >= 0.3 is 0 Å². The first-order chi connectivity index (χ1) is 5.42. The number of hydrogen-bond donors (Lipinski definition) is 0. The molecule has 0 bridgehead atoms. The van der Waals surface area contributed by atoms with Crippen molar-refractivity contribution in [2.75, 3.05) is 17.9 Å². The number of rotatable bonds is 5. The molecule has 0 spiro atoms. The van der Waals surface area contributed by atoms with E-state index in [1.165, 1.54) is 0 Å². The topological polar surface area (TPSA) is 17.1 Å². The van der Waals surface area contributed by atoms with Crippen molar-refractivity contribution >= 4 is 22.4 Å². The third-order valence-corrected chi connectivity index (χ3v) is 4.05. The lowest BCUT2D eigenvalue weighted by atomic mass is 9.79. The SMILES string of the molecule is CC(C)C(C)(CCl)CCS(C)=O. The summed E-state index contributed by atoms with van der Waals surface area (Å²) in [5.41, 5.74) is 0.146. The number of halogens is 1. The van der Waals surface area contributed by atoms with E-state index in [4.69, 9.17) is 11.6 Å². The standard InChI is InChI=1S/C9H19ClOS/c1-8(2)9(3,7-10)5-6-12(4)11/h8H,5-7H2,1-4H3. The Morgan fingerprint density at radius 1 is 1.50 bits per heavy atom. The maximum Gasteiger partial charge on any atom is 0.0280 e. The highest BCUT2D eigenvalue weighted by Gasteiger charge is 2.27. The Morgan fingerprint density at radius 2 is 2.00 bits per heavy atom. The van der Waals surface area contributed by atoms with Gasteiger partial charge in [0.25, 0.3) is 0 Å². The van der Waals surface area contributed by atoms with Gasteiger partial charge < -0.3 is 0 Å². The van der Waals surface area contributed by atoms with E-state index in [1.807, 2.05) is 0 Å². The van der Waals surface area contributed by atoms with E-state index < -0.39 is 10.8 Å². The Balaban J connectivity index is 4.05. The third-order valence-electron chi connectivity index (χ3n) is 2.66. The fourth-order valence-corrected chi connectivity index (χ4v) is 2.08. The monoisotopic (exact) mass is 210 g/mol. The van der Waals surface area contributed by atoms with Gasteiger partial charge in [-0.2, -0.15) is 0 Å². The molecule has 0 aromatic carbocycles. The fraction of sp³-hybridized carbons (Fsp3) is 1.00. The van der Waals surface area contributed by atoms with Crippen LogP contribution in [-0.2, 0) is 10.8 Å². The van der Waals surface area contributed by atoms with Crippen LogP contribution in [0.3, 0.4) is 0 Å². The lowest BCUT2D eigenvalue weighted by molar-refractivity contribution is 0.247. The fourth-order valence-electron chi connectivity index (χ4n) is 0.887. The lowest BCUT2D eigenvalue weighted by Gasteiger charge is -2.31. The van der Waals surface area contributed by atoms with E-state index in [0.29, 0.717) is 11.8 Å². The molecule has 2 atom stereocenters. The highest BCUT2D eigenvalue weighted by molar-refractivity contribution is 7.84. The van der Waals surface area contributed by atoms with E-state index >= 15 is 0 Å². The van der Waals surface area contributed by atoms with Gasteiger partial charge in [-0.1, -0.05) is 20.8 Å². The molecule has 0 aromatic rings. The minimum Gasteiger partial charge on any atom is -0.260 e. The molecular weight excluding hydrogens is 192 g/mol. The first-order valence-electron chi connectivity index (χ1n) is 4.28. The Bertz CT molecular complexity index is 159. The van der Waals surface area contributed by atoms with Crippen LogP contribution in [-0.4, -0.2) is 22.1 Å². The van der Waals surface area contributed by atoms with Gasteiger partial charge in [0, 0.05) is 28.7 Å². The molecule has 0 heterocycles. The molecule has 0 aliphatic carbocycles. The van der Waals surface area contributed by atoms with E-state index in [0.717, 1.165) is 12.2 Å². The van der Waals surface area contributed by atoms with Crippen molar-refractivity contribution in [3.05, 3.63) is 0 Å². The summed E-state index contributed by atoms with van der Waals surface area (Å²) < 4.78 is 10.9. The van der Waals surface area contributed by atoms with Crippen LogP contribution in [0.5, 0.6) is 0 Å². The van der Waals surface area contributed by atoms with Crippen LogP contribution in [0.2, 0.25) is 0 Å². The van der Waals surface area contributed by atoms with Crippen molar-refractivity contribution in [1.29, 1.82) is 0 Å². The van der Waals surface area contributed by atoms with Gasteiger partial charge in [0.2, 0.25) is 0 Å². The second-order valence-corrected chi connectivity index (χ2v) is 5.79. The molecule has 0 amide bonds. The zero-order chi connectivity index (χ0) is 9.78. The second kappa shape index (κ2) is 5.23. The molecule has 0 aliphatic heterocycles. The van der Waals surface area contributed by atoms with Crippen molar-refractivity contribution < 1.29 is 4.21 Å². The van der Waals surface area contributed by atoms with Crippen LogP contribution in [0.15, 0.2) is 0 Å². The molecule has 0 N–H and O–H groups in total. The van der Waals surface area contributed by atoms with Crippen LogP contribution < -0.4 is 0 Å². The molecule has 74 valence electrons. The van der Waals surface area contributed by atoms with Gasteiger partial charge in [-0.25, -0.2) is 0 Å². The normalized spacial score (nSPS) is 19.2. The minimum atomic E-state index is -0.689. The molecule has 0 rings (SSSR count). The van der Waals surface area contributed by atoms with Crippen molar-refractivity contribution in [2.45, 2.75) is 27.2 Å². The summed E-state index contributed by atoms with van der Waals surface area (Å²) in [5.74, 6) is 1.97. The largest absolute Gasteiger partial charge is 0.260 e. The molecule has 0 saturated carbocycles. The zero-order valence-corrected chi connectivity index (χ0v) is 9.97. The first-order valence-corrected chi connectivity index (χ1v) is 6.54. The smallest absolute Gasteiger partial charge is 0.0280 e. The van der Waals surface area contributed by atoms with Crippen LogP contribution in [0.1, 0.15) is 27.2 Å². The molecule has 0 fully saturated rings. The van der Waals surface area contributed by atoms with Gasteiger partial charge in [0.15, 0.2) is 0 Å². The van der Waals surface area contributed by atoms with Gasteiger partial charge in [-0.3, -0.25) is 4.21 Å². The van der Waals surface area contributed by atoms with Crippen molar-refractivity contribution in [1.82, 2.24) is 0 Å². The van der Waals surface area contributed by atoms with Crippen LogP contribution in [0, 0.1) is 11.3 Å². The number of alkyl halides is 1. The van der Waals surface area contributed by atoms with Crippen LogP contribution >= 0.6 is 11.6 Å². The zero-order valence-electron chi connectivity index (χ0n) is 8.39. The summed E-state index contributed by atoms with van der Waals surface area (Å²) in [6.07, 6.45) is 2.70. The molecular formula is C9H19ClOS. The Kier molecular flexibility index (Phi) is 5.42. The highest BCUT2D eigenvalue weighted by Crippen LogP contribution is 2.32. The van der Waals surface area contributed by atoms with E-state index in [1.54, 1.807) is 6.26 Å². The summed E-state index contributed by atoms with van der Waals surface area (Å²) in [5, 5.41) is 0. The Labute approximate surface area is 83.3 Å². The predicted molar refractivity (Wildman–Crippen MR) is 57.2 cm³/mol. The van der Waals surface area contributed by atoms with Crippen molar-refractivity contribution in [2.24, 2.45) is 11.3 Å². The summed E-state index contributed by atoms with van der Waals surface area (Å²) in [6.45, 7) is 6.50. The maximum atomic E-state index is 10.9. The lowest BCUT2D eigenvalue weighted by Crippen LogP contribution is -2.27. The average Bonchev–Trinajstić information content (AvgIpc) is 1.99. The van der Waals surface area contributed by atoms with E-state index in [-0.39, 0.29) is 5.41 Å². The van der Waals surface area contributed by atoms with Crippen LogP contribution in [0.25, 0.3) is 0 Å². The summed E-state index contributed by atoms with van der Waals surface area (Å²) in [7, 11) is -0.689. The van der Waals surface area contributed by atoms with Crippen LogP contribution in [0.4, 0.5) is 0 Å². The highest BCUT2D eigenvalue weighted by atomic mass is 35.5. The molecule has 1 nitrogen and oxygen atoms in total. The minimum absolute atomic E-state index is 0.146. The van der Waals surface area contributed by atoms with Crippen molar-refractivity contribution in [3.63, 3.8) is 0 Å². The maximum absolute atomic E-state index is 10.9. The molecule has 0 radical (unpaired) electrons. The van der Waals surface area contributed by atoms with Gasteiger partial charge in [0.05, 0.1) is 0 Å². The van der Waals surface area contributed by atoms with Gasteiger partial charge in [-0.15, -0.1) is 11.6 Å². The Morgan fingerprint density at radius 3 is 2.25 bits per heavy atom. The summed E-state index contributed by atoms with van der Waals surface area (Å²) in [4.78, 5) is 0. The van der Waals surface area contributed by atoms with E-state index in [9.17, 15) is 4.21 Å². The first kappa shape index (κ1) is 12.4. The average molecular weight is 211 g/mol. The van der Waals surface area contributed by atoms with Crippen molar-refractivity contribution in [3.8, 4) is 0 Å². The molecule has 2 unspecified atom stereocenters. The summed E-state index contributed by atoms with van der Waals surface area (Å²) in [6, 6.07) is 0. The van der Waals surface area contributed by atoms with Gasteiger partial charge in [-0.05, 0) is 17.8 Å². The molecule has 12 heavy (non-hydrogen) atoms. The van der Waals surface area contributed by atoms with E-state index in [2.05, 4.69) is 20.8 Å². The molecule has 0 aromatic heterocycles. The molecule has 0 aliphatic rings. The summed E-state index contributed by atoms with van der Waals surface area (Å²) >= 11 is 5.89. The Hall–Kier alpha value is 0.440. The third kappa shape index (κ3) is 3.90. The van der Waals surface area contributed by atoms with Gasteiger partial charge in [0.1, 0.15) is 0 Å². The predicted octanol–water partition coefficient (Wildman–Crippen LogP) is 2.66.